The molecule has 5 nitrogen and oxygen atoms in total. The number of nitrogens with one attached hydrogen (secondary N) is 1. The van der Waals surface area contributed by atoms with E-state index in [1.165, 1.54) is 0 Å². The molecule has 22 heavy (non-hydrogen) atoms. The first kappa shape index (κ1) is 16.8. The van der Waals surface area contributed by atoms with Gasteiger partial charge in [-0.25, -0.2) is 0 Å². The van der Waals surface area contributed by atoms with Crippen molar-refractivity contribution < 1.29 is 14.7 Å². The molecule has 1 atom stereocenters. The predicted molar refractivity (Wildman–Crippen MR) is 84.3 cm³/mol. The average molecular weight is 325 g/mol. The Bertz CT molecular complexity index is 526. The first-order chi connectivity index (χ1) is 10.6. The lowest BCUT2D eigenvalue weighted by molar-refractivity contribution is -0.138. The van der Waals surface area contributed by atoms with Crippen LogP contribution >= 0.6 is 11.6 Å². The number of amides is 2. The molecule has 2 rings (SSSR count). The monoisotopic (exact) mass is 324 g/mol. The van der Waals surface area contributed by atoms with Crippen LogP contribution in [0.4, 0.5) is 0 Å². The van der Waals surface area contributed by atoms with Crippen LogP contribution in [-0.2, 0) is 16.1 Å². The summed E-state index contributed by atoms with van der Waals surface area (Å²) in [5.74, 6) is -0.162. The van der Waals surface area contributed by atoms with Gasteiger partial charge >= 0.3 is 0 Å². The van der Waals surface area contributed by atoms with Crippen molar-refractivity contribution in [2.24, 2.45) is 5.92 Å². The zero-order valence-electron chi connectivity index (χ0n) is 12.4. The van der Waals surface area contributed by atoms with Gasteiger partial charge in [0.2, 0.25) is 11.8 Å². The lowest BCUT2D eigenvalue weighted by Gasteiger charge is -2.29. The number of benzene rings is 1. The van der Waals surface area contributed by atoms with Gasteiger partial charge in [0, 0.05) is 37.7 Å². The van der Waals surface area contributed by atoms with E-state index < -0.39 is 0 Å². The summed E-state index contributed by atoms with van der Waals surface area (Å²) in [4.78, 5) is 25.6. The number of carbonyl (C=O) groups is 2. The predicted octanol–water partition coefficient (Wildman–Crippen LogP) is 1.58. The van der Waals surface area contributed by atoms with E-state index in [9.17, 15) is 9.59 Å². The Morgan fingerprint density at radius 2 is 2.27 bits per heavy atom. The van der Waals surface area contributed by atoms with Gasteiger partial charge in [0.25, 0.3) is 0 Å². The van der Waals surface area contributed by atoms with Crippen LogP contribution in [0.5, 0.6) is 0 Å². The number of hydrogen-bond acceptors (Lipinski definition) is 3. The molecule has 1 aromatic rings. The van der Waals surface area contributed by atoms with Crippen molar-refractivity contribution in [1.29, 1.82) is 0 Å². The summed E-state index contributed by atoms with van der Waals surface area (Å²) < 4.78 is 0. The van der Waals surface area contributed by atoms with Gasteiger partial charge in [-0.15, -0.1) is 0 Å². The van der Waals surface area contributed by atoms with Gasteiger partial charge in [0.05, 0.1) is 5.92 Å². The van der Waals surface area contributed by atoms with Crippen molar-refractivity contribution in [1.82, 2.24) is 10.2 Å². The zero-order chi connectivity index (χ0) is 15.9. The highest BCUT2D eigenvalue weighted by atomic mass is 35.5. The highest BCUT2D eigenvalue weighted by Crippen LogP contribution is 2.18. The molecule has 0 aliphatic carbocycles. The van der Waals surface area contributed by atoms with Crippen LogP contribution < -0.4 is 5.32 Å². The van der Waals surface area contributed by atoms with E-state index in [4.69, 9.17) is 16.7 Å². The fourth-order valence-corrected chi connectivity index (χ4v) is 2.80. The first-order valence-corrected chi connectivity index (χ1v) is 7.88. The maximum absolute atomic E-state index is 12.7. The molecule has 120 valence electrons. The zero-order valence-corrected chi connectivity index (χ0v) is 13.2. The molecule has 1 heterocycles. The topological polar surface area (TPSA) is 69.6 Å². The van der Waals surface area contributed by atoms with E-state index in [2.05, 4.69) is 5.32 Å². The summed E-state index contributed by atoms with van der Waals surface area (Å²) in [5.41, 5.74) is 0.957. The Hall–Kier alpha value is -1.59. The van der Waals surface area contributed by atoms with Crippen molar-refractivity contribution in [3.8, 4) is 0 Å². The number of piperidine rings is 1. The Morgan fingerprint density at radius 1 is 1.45 bits per heavy atom. The van der Waals surface area contributed by atoms with Gasteiger partial charge < -0.3 is 15.3 Å². The Balaban J connectivity index is 2.04. The third kappa shape index (κ3) is 4.71. The smallest absolute Gasteiger partial charge is 0.227 e. The fourth-order valence-electron chi connectivity index (χ4n) is 2.59. The molecule has 2 amide bonds. The summed E-state index contributed by atoms with van der Waals surface area (Å²) in [5, 5.41) is 12.4. The van der Waals surface area contributed by atoms with Gasteiger partial charge in [0.15, 0.2) is 0 Å². The van der Waals surface area contributed by atoms with Crippen LogP contribution in [-0.4, -0.2) is 41.5 Å². The van der Waals surface area contributed by atoms with Gasteiger partial charge in [-0.3, -0.25) is 9.59 Å². The standard InChI is InChI=1S/C16H21ClN2O3/c17-14-4-1-3-12(9-14)11-19(7-2-8-20)16(22)13-5-6-15(21)18-10-13/h1,3-4,9,13,20H,2,5-8,10-11H2,(H,18,21). The van der Waals surface area contributed by atoms with Crippen molar-refractivity contribution in [3.63, 3.8) is 0 Å². The molecule has 1 saturated heterocycles. The van der Waals surface area contributed by atoms with Crippen LogP contribution in [0.3, 0.4) is 0 Å². The SMILES string of the molecule is O=C1CCC(C(=O)N(CCCO)Cc2cccc(Cl)c2)CN1. The van der Waals surface area contributed by atoms with Crippen LogP contribution in [0, 0.1) is 5.92 Å². The quantitative estimate of drug-likeness (QED) is 0.834. The molecule has 0 aromatic heterocycles. The minimum absolute atomic E-state index is 0.000740. The van der Waals surface area contributed by atoms with E-state index in [0.717, 1.165) is 5.56 Å². The highest BCUT2D eigenvalue weighted by Gasteiger charge is 2.28. The molecule has 1 aliphatic heterocycles. The van der Waals surface area contributed by atoms with Crippen molar-refractivity contribution in [2.45, 2.75) is 25.8 Å². The molecule has 1 unspecified atom stereocenters. The molecule has 1 aliphatic rings. The first-order valence-electron chi connectivity index (χ1n) is 7.51. The molecule has 1 aromatic carbocycles. The van der Waals surface area contributed by atoms with Crippen molar-refractivity contribution >= 4 is 23.4 Å². The van der Waals surface area contributed by atoms with Crippen molar-refractivity contribution in [3.05, 3.63) is 34.9 Å². The second-order valence-electron chi connectivity index (χ2n) is 5.51. The number of aliphatic hydroxyl groups excluding tert-OH is 1. The second-order valence-corrected chi connectivity index (χ2v) is 5.94. The molecular weight excluding hydrogens is 304 g/mol. The number of hydrogen-bond donors (Lipinski definition) is 2. The van der Waals surface area contributed by atoms with Crippen LogP contribution in [0.15, 0.2) is 24.3 Å². The number of aliphatic hydroxyl groups is 1. The molecule has 6 heteroatoms. The van der Waals surface area contributed by atoms with Crippen LogP contribution in [0.2, 0.25) is 5.02 Å². The summed E-state index contributed by atoms with van der Waals surface area (Å²) in [7, 11) is 0. The molecule has 0 spiro atoms. The number of carbonyl (C=O) groups excluding carboxylic acids is 2. The van der Waals surface area contributed by atoms with Crippen LogP contribution in [0.25, 0.3) is 0 Å². The Kier molecular flexibility index (Phi) is 6.21. The Morgan fingerprint density at radius 3 is 2.91 bits per heavy atom. The summed E-state index contributed by atoms with van der Waals surface area (Å²) in [6.45, 7) is 1.39. The van der Waals surface area contributed by atoms with Gasteiger partial charge in [0.1, 0.15) is 0 Å². The van der Waals surface area contributed by atoms with E-state index in [0.29, 0.717) is 43.9 Å². The average Bonchev–Trinajstić information content (AvgIpc) is 2.51. The Labute approximate surface area is 135 Å². The largest absolute Gasteiger partial charge is 0.396 e. The second kappa shape index (κ2) is 8.15. The highest BCUT2D eigenvalue weighted by molar-refractivity contribution is 6.30. The normalized spacial score (nSPS) is 17.9. The van der Waals surface area contributed by atoms with Gasteiger partial charge in [-0.2, -0.15) is 0 Å². The number of nitrogens with zero attached hydrogens (tertiary/aromatic N) is 1. The molecular formula is C16H21ClN2O3. The maximum Gasteiger partial charge on any atom is 0.227 e. The molecule has 0 bridgehead atoms. The lowest BCUT2D eigenvalue weighted by Crippen LogP contribution is -2.45. The van der Waals surface area contributed by atoms with Gasteiger partial charge in [-0.1, -0.05) is 23.7 Å². The fraction of sp³-hybridized carbons (Fsp3) is 0.500. The molecule has 0 saturated carbocycles. The minimum atomic E-state index is -0.185. The van der Waals surface area contributed by atoms with E-state index >= 15 is 0 Å². The number of rotatable bonds is 6. The van der Waals surface area contributed by atoms with E-state index in [1.54, 1.807) is 11.0 Å². The van der Waals surface area contributed by atoms with E-state index in [-0.39, 0.29) is 24.3 Å². The third-order valence-corrected chi connectivity index (χ3v) is 4.01. The minimum Gasteiger partial charge on any atom is -0.396 e. The number of halogens is 1. The summed E-state index contributed by atoms with van der Waals surface area (Å²) >= 11 is 5.99. The third-order valence-electron chi connectivity index (χ3n) is 3.78. The molecule has 1 fully saturated rings. The lowest BCUT2D eigenvalue weighted by atomic mass is 9.97. The maximum atomic E-state index is 12.7. The summed E-state index contributed by atoms with van der Waals surface area (Å²) in [6.07, 6.45) is 1.50. The van der Waals surface area contributed by atoms with Gasteiger partial charge in [-0.05, 0) is 30.5 Å². The van der Waals surface area contributed by atoms with Crippen LogP contribution in [0.1, 0.15) is 24.8 Å². The molecule has 2 N–H and O–H groups in total. The summed E-state index contributed by atoms with van der Waals surface area (Å²) in [6, 6.07) is 7.41. The van der Waals surface area contributed by atoms with E-state index in [1.807, 2.05) is 18.2 Å². The molecule has 0 radical (unpaired) electrons. The van der Waals surface area contributed by atoms with Crippen molar-refractivity contribution in [2.75, 3.05) is 19.7 Å².